The second kappa shape index (κ2) is 8.78. The highest BCUT2D eigenvalue weighted by Crippen LogP contribution is 2.15. The lowest BCUT2D eigenvalue weighted by atomic mass is 10.2. The number of thioether (sulfide) groups is 1. The van der Waals surface area contributed by atoms with E-state index in [1.54, 1.807) is 0 Å². The number of nitrogens with zero attached hydrogens (tertiary/aromatic N) is 2. The molecule has 1 N–H and O–H groups in total. The summed E-state index contributed by atoms with van der Waals surface area (Å²) in [5, 5.41) is 4.56. The van der Waals surface area contributed by atoms with Gasteiger partial charge in [-0.05, 0) is 26.9 Å². The van der Waals surface area contributed by atoms with Crippen LogP contribution in [0.3, 0.4) is 0 Å². The monoisotopic (exact) mass is 259 g/mol. The Morgan fingerprint density at radius 1 is 1.47 bits per heavy atom. The molecular weight excluding hydrogens is 234 g/mol. The standard InChI is InChI=1S/C12H25N3OS/c1-4-11-5-10-17-12(14-11)13-6-8-16-9-7-15(2)3/h11H,4-10H2,1-3H3,(H,13,14). The SMILES string of the molecule is CCC1CCSC(=NCCOCCN(C)C)N1. The molecule has 1 fully saturated rings. The highest BCUT2D eigenvalue weighted by atomic mass is 32.2. The largest absolute Gasteiger partial charge is 0.378 e. The normalized spacial score (nSPS) is 23.1. The van der Waals surface area contributed by atoms with E-state index in [4.69, 9.17) is 4.74 Å². The lowest BCUT2D eigenvalue weighted by Crippen LogP contribution is -2.37. The Labute approximate surface area is 109 Å². The summed E-state index contributed by atoms with van der Waals surface area (Å²) in [6.07, 6.45) is 2.43. The van der Waals surface area contributed by atoms with Crippen molar-refractivity contribution in [3.63, 3.8) is 0 Å². The van der Waals surface area contributed by atoms with Gasteiger partial charge in [-0.3, -0.25) is 4.99 Å². The van der Waals surface area contributed by atoms with Gasteiger partial charge in [-0.25, -0.2) is 0 Å². The minimum absolute atomic E-state index is 0.615. The van der Waals surface area contributed by atoms with E-state index in [1.165, 1.54) is 18.6 Å². The van der Waals surface area contributed by atoms with Crippen molar-refractivity contribution in [1.82, 2.24) is 10.2 Å². The van der Waals surface area contributed by atoms with Gasteiger partial charge in [0.2, 0.25) is 0 Å². The maximum absolute atomic E-state index is 5.50. The summed E-state index contributed by atoms with van der Waals surface area (Å²) < 4.78 is 5.50. The number of ether oxygens (including phenoxy) is 1. The molecule has 1 rings (SSSR count). The molecule has 17 heavy (non-hydrogen) atoms. The molecule has 1 heterocycles. The Kier molecular flexibility index (Phi) is 7.64. The molecular formula is C12H25N3OS. The van der Waals surface area contributed by atoms with Gasteiger partial charge >= 0.3 is 0 Å². The summed E-state index contributed by atoms with van der Waals surface area (Å²) in [7, 11) is 4.11. The zero-order valence-electron chi connectivity index (χ0n) is 11.2. The summed E-state index contributed by atoms with van der Waals surface area (Å²) in [4.78, 5) is 6.65. The van der Waals surface area contributed by atoms with Crippen molar-refractivity contribution in [2.45, 2.75) is 25.8 Å². The first-order valence-electron chi connectivity index (χ1n) is 6.38. The molecule has 5 heteroatoms. The van der Waals surface area contributed by atoms with Crippen LogP contribution in [0.4, 0.5) is 0 Å². The van der Waals surface area contributed by atoms with Crippen molar-refractivity contribution in [2.75, 3.05) is 46.2 Å². The molecule has 1 unspecified atom stereocenters. The number of hydrogen-bond donors (Lipinski definition) is 1. The summed E-state index contributed by atoms with van der Waals surface area (Å²) in [5.41, 5.74) is 0. The smallest absolute Gasteiger partial charge is 0.156 e. The highest BCUT2D eigenvalue weighted by molar-refractivity contribution is 8.13. The van der Waals surface area contributed by atoms with Gasteiger partial charge in [0.05, 0.1) is 19.8 Å². The summed E-state index contributed by atoms with van der Waals surface area (Å²) in [6, 6.07) is 0.615. The Balaban J connectivity index is 2.07. The molecule has 0 aliphatic carbocycles. The van der Waals surface area contributed by atoms with Gasteiger partial charge in [0.15, 0.2) is 5.17 Å². The van der Waals surface area contributed by atoms with Crippen molar-refractivity contribution in [2.24, 2.45) is 4.99 Å². The molecule has 1 atom stereocenters. The van der Waals surface area contributed by atoms with Crippen LogP contribution in [0.15, 0.2) is 4.99 Å². The van der Waals surface area contributed by atoms with Gasteiger partial charge in [0, 0.05) is 18.3 Å². The predicted octanol–water partition coefficient (Wildman–Crippen LogP) is 1.43. The summed E-state index contributed by atoms with van der Waals surface area (Å²) in [5.74, 6) is 1.19. The lowest BCUT2D eigenvalue weighted by Gasteiger charge is -2.24. The summed E-state index contributed by atoms with van der Waals surface area (Å²) >= 11 is 1.83. The minimum Gasteiger partial charge on any atom is -0.378 e. The quantitative estimate of drug-likeness (QED) is 0.702. The van der Waals surface area contributed by atoms with Crippen LogP contribution in [0.1, 0.15) is 19.8 Å². The van der Waals surface area contributed by atoms with Crippen LogP contribution in [0.5, 0.6) is 0 Å². The van der Waals surface area contributed by atoms with Crippen LogP contribution in [0.25, 0.3) is 0 Å². The molecule has 1 aliphatic heterocycles. The fourth-order valence-corrected chi connectivity index (χ4v) is 2.57. The van der Waals surface area contributed by atoms with Crippen LogP contribution in [0, 0.1) is 0 Å². The van der Waals surface area contributed by atoms with E-state index >= 15 is 0 Å². The number of nitrogens with one attached hydrogen (secondary N) is 1. The third-order valence-electron chi connectivity index (χ3n) is 2.70. The van der Waals surface area contributed by atoms with Crippen molar-refractivity contribution in [3.05, 3.63) is 0 Å². The second-order valence-corrected chi connectivity index (χ2v) is 5.57. The fraction of sp³-hybridized carbons (Fsp3) is 0.917. The highest BCUT2D eigenvalue weighted by Gasteiger charge is 2.14. The van der Waals surface area contributed by atoms with E-state index in [2.05, 4.69) is 36.2 Å². The number of hydrogen-bond acceptors (Lipinski definition) is 4. The number of rotatable bonds is 7. The summed E-state index contributed by atoms with van der Waals surface area (Å²) in [6.45, 7) is 5.46. The van der Waals surface area contributed by atoms with Crippen molar-refractivity contribution < 1.29 is 4.74 Å². The van der Waals surface area contributed by atoms with Crippen LogP contribution >= 0.6 is 11.8 Å². The molecule has 1 aliphatic rings. The molecule has 0 aromatic rings. The van der Waals surface area contributed by atoms with Crippen molar-refractivity contribution >= 4 is 16.9 Å². The van der Waals surface area contributed by atoms with E-state index in [9.17, 15) is 0 Å². The second-order valence-electron chi connectivity index (χ2n) is 4.49. The van der Waals surface area contributed by atoms with Gasteiger partial charge in [-0.1, -0.05) is 18.7 Å². The molecule has 100 valence electrons. The Bertz CT molecular complexity index is 234. The van der Waals surface area contributed by atoms with E-state index < -0.39 is 0 Å². The molecule has 0 amide bonds. The topological polar surface area (TPSA) is 36.9 Å². The van der Waals surface area contributed by atoms with E-state index in [0.717, 1.165) is 31.5 Å². The lowest BCUT2D eigenvalue weighted by molar-refractivity contribution is 0.124. The molecule has 0 aromatic carbocycles. The van der Waals surface area contributed by atoms with Crippen molar-refractivity contribution in [3.8, 4) is 0 Å². The molecule has 0 spiro atoms. The molecule has 0 radical (unpaired) electrons. The first-order chi connectivity index (χ1) is 8.22. The molecule has 0 bridgehead atoms. The molecule has 0 saturated carbocycles. The minimum atomic E-state index is 0.615. The van der Waals surface area contributed by atoms with Gasteiger partial charge < -0.3 is 15.0 Å². The first-order valence-corrected chi connectivity index (χ1v) is 7.37. The van der Waals surface area contributed by atoms with Crippen molar-refractivity contribution in [1.29, 1.82) is 0 Å². The predicted molar refractivity (Wildman–Crippen MR) is 76.0 cm³/mol. The third-order valence-corrected chi connectivity index (χ3v) is 3.66. The van der Waals surface area contributed by atoms with Crippen LogP contribution in [-0.2, 0) is 4.74 Å². The zero-order valence-corrected chi connectivity index (χ0v) is 12.1. The number of aliphatic imine (C=N–C) groups is 1. The zero-order chi connectivity index (χ0) is 12.5. The molecule has 0 aromatic heterocycles. The number of likely N-dealkylation sites (N-methyl/N-ethyl adjacent to an activating group) is 1. The van der Waals surface area contributed by atoms with Gasteiger partial charge in [0.25, 0.3) is 0 Å². The average Bonchev–Trinajstić information content (AvgIpc) is 2.33. The number of amidine groups is 1. The van der Waals surface area contributed by atoms with E-state index in [0.29, 0.717) is 6.04 Å². The van der Waals surface area contributed by atoms with Crippen LogP contribution in [0.2, 0.25) is 0 Å². The van der Waals surface area contributed by atoms with Crippen LogP contribution in [-0.4, -0.2) is 62.3 Å². The van der Waals surface area contributed by atoms with E-state index in [1.807, 2.05) is 11.8 Å². The average molecular weight is 259 g/mol. The van der Waals surface area contributed by atoms with Gasteiger partial charge in [0.1, 0.15) is 0 Å². The Morgan fingerprint density at radius 2 is 2.29 bits per heavy atom. The van der Waals surface area contributed by atoms with Gasteiger partial charge in [-0.15, -0.1) is 0 Å². The molecule has 4 nitrogen and oxygen atoms in total. The Morgan fingerprint density at radius 3 is 3.00 bits per heavy atom. The maximum Gasteiger partial charge on any atom is 0.156 e. The molecule has 1 saturated heterocycles. The third kappa shape index (κ3) is 6.91. The van der Waals surface area contributed by atoms with Gasteiger partial charge in [-0.2, -0.15) is 0 Å². The van der Waals surface area contributed by atoms with E-state index in [-0.39, 0.29) is 0 Å². The fourth-order valence-electron chi connectivity index (χ4n) is 1.54. The first kappa shape index (κ1) is 14.8. The maximum atomic E-state index is 5.50. The Hall–Kier alpha value is -0.260. The van der Waals surface area contributed by atoms with Crippen LogP contribution < -0.4 is 5.32 Å².